The van der Waals surface area contributed by atoms with Gasteiger partial charge in [-0.05, 0) is 35.9 Å². The molecule has 0 unspecified atom stereocenters. The molecule has 1 aliphatic heterocycles. The first kappa shape index (κ1) is 18.0. The maximum Gasteiger partial charge on any atom is 0.282 e. The Morgan fingerprint density at radius 3 is 2.56 bits per heavy atom. The van der Waals surface area contributed by atoms with E-state index in [4.69, 9.17) is 9.47 Å². The van der Waals surface area contributed by atoms with Gasteiger partial charge in [-0.2, -0.15) is 0 Å². The van der Waals surface area contributed by atoms with Gasteiger partial charge in [-0.3, -0.25) is 15.0 Å². The number of hydrazine groups is 1. The molecule has 2 amide bonds. The predicted molar refractivity (Wildman–Crippen MR) is 93.5 cm³/mol. The Balaban J connectivity index is 1.86. The number of hydrogen-bond donors (Lipinski definition) is 1. The molecular formula is C19H15N2O6-. The fourth-order valence-electron chi connectivity index (χ4n) is 2.51. The van der Waals surface area contributed by atoms with Crippen LogP contribution in [0.2, 0.25) is 0 Å². The van der Waals surface area contributed by atoms with Crippen LogP contribution in [0.1, 0.15) is 5.56 Å². The van der Waals surface area contributed by atoms with Crippen molar-refractivity contribution in [1.29, 1.82) is 0 Å². The number of carbonyl (C=O) groups is 3. The van der Waals surface area contributed by atoms with Crippen LogP contribution >= 0.6 is 0 Å². The standard InChI is InChI=1S/C19H16N2O6/c1-26-16-10-12(7-8-15(16)27-11-17(22)23)9-14-18(24)20-21(19(14)25)13-5-3-2-4-6-13/h2-10H,11H2,1H3,(H,20,24)(H,22,23)/p-1/b14-9+. The molecule has 8 nitrogen and oxygen atoms in total. The van der Waals surface area contributed by atoms with Crippen LogP contribution < -0.4 is 25.0 Å². The highest BCUT2D eigenvalue weighted by Gasteiger charge is 2.34. The highest BCUT2D eigenvalue weighted by molar-refractivity contribution is 6.31. The van der Waals surface area contributed by atoms with Crippen molar-refractivity contribution >= 4 is 29.5 Å². The smallest absolute Gasteiger partial charge is 0.282 e. The summed E-state index contributed by atoms with van der Waals surface area (Å²) >= 11 is 0. The Morgan fingerprint density at radius 1 is 1.15 bits per heavy atom. The van der Waals surface area contributed by atoms with E-state index in [1.165, 1.54) is 30.3 Å². The molecule has 0 atom stereocenters. The summed E-state index contributed by atoms with van der Waals surface area (Å²) in [7, 11) is 1.39. The molecule has 1 aliphatic rings. The first-order chi connectivity index (χ1) is 13.0. The molecule has 0 radical (unpaired) electrons. The average molecular weight is 367 g/mol. The predicted octanol–water partition coefficient (Wildman–Crippen LogP) is 0.285. The number of hydrogen-bond acceptors (Lipinski definition) is 6. The van der Waals surface area contributed by atoms with Crippen molar-refractivity contribution in [2.75, 3.05) is 18.7 Å². The monoisotopic (exact) mass is 367 g/mol. The van der Waals surface area contributed by atoms with Gasteiger partial charge in [0.1, 0.15) is 12.2 Å². The third kappa shape index (κ3) is 3.90. The van der Waals surface area contributed by atoms with Crippen LogP contribution in [0.25, 0.3) is 6.08 Å². The second-order valence-electron chi connectivity index (χ2n) is 5.55. The summed E-state index contributed by atoms with van der Waals surface area (Å²) in [5.74, 6) is -1.91. The molecule has 138 valence electrons. The lowest BCUT2D eigenvalue weighted by Crippen LogP contribution is -2.35. The maximum absolute atomic E-state index is 12.6. The second kappa shape index (κ2) is 7.61. The summed E-state index contributed by atoms with van der Waals surface area (Å²) in [4.78, 5) is 35.3. The van der Waals surface area contributed by atoms with Crippen LogP contribution in [0.5, 0.6) is 11.5 Å². The lowest BCUT2D eigenvalue weighted by Gasteiger charge is -2.14. The fraction of sp³-hybridized carbons (Fsp3) is 0.105. The second-order valence-corrected chi connectivity index (χ2v) is 5.55. The first-order valence-corrected chi connectivity index (χ1v) is 7.92. The minimum absolute atomic E-state index is 0.0377. The van der Waals surface area contributed by atoms with Gasteiger partial charge in [0.2, 0.25) is 0 Å². The van der Waals surface area contributed by atoms with Gasteiger partial charge >= 0.3 is 0 Å². The minimum atomic E-state index is -1.36. The van der Waals surface area contributed by atoms with Crippen molar-refractivity contribution in [2.45, 2.75) is 0 Å². The number of ether oxygens (including phenoxy) is 2. The third-order valence-corrected chi connectivity index (χ3v) is 3.75. The van der Waals surface area contributed by atoms with Gasteiger partial charge in [0, 0.05) is 0 Å². The molecule has 0 aliphatic carbocycles. The van der Waals surface area contributed by atoms with Crippen molar-refractivity contribution < 1.29 is 29.0 Å². The Labute approximate surface area is 154 Å². The molecule has 1 saturated heterocycles. The molecule has 2 aromatic carbocycles. The molecule has 0 spiro atoms. The molecular weight excluding hydrogens is 352 g/mol. The highest BCUT2D eigenvalue weighted by Crippen LogP contribution is 2.29. The molecule has 0 bridgehead atoms. The van der Waals surface area contributed by atoms with E-state index in [9.17, 15) is 19.5 Å². The SMILES string of the molecule is COc1cc(/C=C2\C(=O)NN(c3ccccc3)C2=O)ccc1OCC(=O)[O-]. The summed E-state index contributed by atoms with van der Waals surface area (Å²) < 4.78 is 10.2. The lowest BCUT2D eigenvalue weighted by molar-refractivity contribution is -0.307. The number of carboxylic acids is 1. The van der Waals surface area contributed by atoms with Crippen LogP contribution in [0.15, 0.2) is 54.1 Å². The van der Waals surface area contributed by atoms with Gasteiger partial charge in [0.15, 0.2) is 11.5 Å². The number of anilines is 1. The summed E-state index contributed by atoms with van der Waals surface area (Å²) in [5.41, 5.74) is 3.53. The van der Waals surface area contributed by atoms with Crippen molar-refractivity contribution in [3.8, 4) is 11.5 Å². The molecule has 1 heterocycles. The van der Waals surface area contributed by atoms with Crippen LogP contribution in [-0.2, 0) is 14.4 Å². The number of nitrogens with zero attached hydrogens (tertiary/aromatic N) is 1. The Kier molecular flexibility index (Phi) is 5.07. The maximum atomic E-state index is 12.6. The van der Waals surface area contributed by atoms with Crippen LogP contribution in [0.3, 0.4) is 0 Å². The number of carboxylic acid groups (broad SMARTS) is 1. The quantitative estimate of drug-likeness (QED) is 0.581. The topological polar surface area (TPSA) is 108 Å². The highest BCUT2D eigenvalue weighted by atomic mass is 16.5. The number of amides is 2. The molecule has 2 aromatic rings. The fourth-order valence-corrected chi connectivity index (χ4v) is 2.51. The van der Waals surface area contributed by atoms with Crippen molar-refractivity contribution in [2.24, 2.45) is 0 Å². The number of rotatable bonds is 6. The Hall–Kier alpha value is -3.81. The normalized spacial score (nSPS) is 15.0. The van der Waals surface area contributed by atoms with E-state index in [2.05, 4.69) is 5.43 Å². The Morgan fingerprint density at radius 2 is 1.89 bits per heavy atom. The summed E-state index contributed by atoms with van der Waals surface area (Å²) in [5, 5.41) is 11.7. The van der Waals surface area contributed by atoms with E-state index in [1.54, 1.807) is 36.4 Å². The molecule has 3 rings (SSSR count). The number of methoxy groups -OCH3 is 1. The Bertz CT molecular complexity index is 923. The third-order valence-electron chi connectivity index (χ3n) is 3.75. The van der Waals surface area contributed by atoms with Gasteiger partial charge in [-0.15, -0.1) is 0 Å². The van der Waals surface area contributed by atoms with Gasteiger partial charge in [0.05, 0.1) is 18.8 Å². The molecule has 27 heavy (non-hydrogen) atoms. The van der Waals surface area contributed by atoms with Gasteiger partial charge in [0.25, 0.3) is 11.8 Å². The molecule has 0 saturated carbocycles. The van der Waals surface area contributed by atoms with Crippen LogP contribution in [-0.4, -0.2) is 31.5 Å². The van der Waals surface area contributed by atoms with Crippen LogP contribution in [0.4, 0.5) is 5.69 Å². The van der Waals surface area contributed by atoms with Gasteiger partial charge < -0.3 is 19.4 Å². The molecule has 8 heteroatoms. The van der Waals surface area contributed by atoms with E-state index in [0.717, 1.165) is 0 Å². The van der Waals surface area contributed by atoms with Crippen LogP contribution in [0, 0.1) is 0 Å². The summed E-state index contributed by atoms with van der Waals surface area (Å²) in [6, 6.07) is 13.3. The number of benzene rings is 2. The van der Waals surface area contributed by atoms with Gasteiger partial charge in [-0.25, -0.2) is 5.01 Å². The minimum Gasteiger partial charge on any atom is -0.546 e. The van der Waals surface area contributed by atoms with E-state index in [1.807, 2.05) is 0 Å². The zero-order chi connectivity index (χ0) is 19.4. The van der Waals surface area contributed by atoms with E-state index in [0.29, 0.717) is 11.3 Å². The summed E-state index contributed by atoms with van der Waals surface area (Å²) in [6.45, 7) is -0.621. The number of para-hydroxylation sites is 1. The van der Waals surface area contributed by atoms with Crippen molar-refractivity contribution in [3.05, 3.63) is 59.7 Å². The van der Waals surface area contributed by atoms with Crippen molar-refractivity contribution in [3.63, 3.8) is 0 Å². The average Bonchev–Trinajstić information content (AvgIpc) is 2.95. The summed E-state index contributed by atoms with van der Waals surface area (Å²) in [6.07, 6.45) is 1.42. The first-order valence-electron chi connectivity index (χ1n) is 7.92. The van der Waals surface area contributed by atoms with E-state index < -0.39 is 24.4 Å². The van der Waals surface area contributed by atoms with E-state index in [-0.39, 0.29) is 17.1 Å². The zero-order valence-electron chi connectivity index (χ0n) is 14.3. The number of carbonyl (C=O) groups excluding carboxylic acids is 3. The molecule has 1 fully saturated rings. The molecule has 1 N–H and O–H groups in total. The lowest BCUT2D eigenvalue weighted by atomic mass is 10.1. The van der Waals surface area contributed by atoms with Crippen molar-refractivity contribution in [1.82, 2.24) is 5.43 Å². The molecule has 0 aromatic heterocycles. The van der Waals surface area contributed by atoms with Gasteiger partial charge in [-0.1, -0.05) is 24.3 Å². The largest absolute Gasteiger partial charge is 0.546 e. The number of aliphatic carboxylic acids is 1. The number of nitrogens with one attached hydrogen (secondary N) is 1. The van der Waals surface area contributed by atoms with E-state index >= 15 is 0 Å². The zero-order valence-corrected chi connectivity index (χ0v) is 14.3.